The monoisotopic (exact) mass is 467 g/mol. The maximum absolute atomic E-state index is 13.1. The fourth-order valence-electron chi connectivity index (χ4n) is 3.87. The second kappa shape index (κ2) is 12.4. The Balaban J connectivity index is 1.55. The van der Waals surface area contributed by atoms with E-state index in [2.05, 4.69) is 17.1 Å². The molecule has 2 aromatic carbocycles. The van der Waals surface area contributed by atoms with Crippen molar-refractivity contribution in [2.75, 3.05) is 51.3 Å². The van der Waals surface area contributed by atoms with Crippen LogP contribution in [0.25, 0.3) is 0 Å². The lowest BCUT2D eigenvalue weighted by atomic mass is 10.1. The Bertz CT molecular complexity index is 984. The van der Waals surface area contributed by atoms with E-state index in [-0.39, 0.29) is 11.8 Å². The number of nitrogens with one attached hydrogen (secondary N) is 1. The number of anilines is 1. The number of benzene rings is 2. The first kappa shape index (κ1) is 25.6. The third-order valence-electron chi connectivity index (χ3n) is 6.02. The third-order valence-corrected chi connectivity index (χ3v) is 6.02. The van der Waals surface area contributed by atoms with Gasteiger partial charge in [-0.25, -0.2) is 0 Å². The quantitative estimate of drug-likeness (QED) is 0.565. The SMILES string of the molecule is CCCOc1ccc(C(=O)N2CCN(CC(=O)Nc3cccc(C)c3C)CC2)cc1OCCC. The molecule has 1 saturated heterocycles. The molecule has 0 spiro atoms. The second-order valence-electron chi connectivity index (χ2n) is 8.72. The van der Waals surface area contributed by atoms with Gasteiger partial charge in [-0.2, -0.15) is 0 Å². The minimum absolute atomic E-state index is 0.0251. The largest absolute Gasteiger partial charge is 0.490 e. The summed E-state index contributed by atoms with van der Waals surface area (Å²) in [6, 6.07) is 11.3. The first-order valence-corrected chi connectivity index (χ1v) is 12.2. The summed E-state index contributed by atoms with van der Waals surface area (Å²) in [5.41, 5.74) is 3.68. The average Bonchev–Trinajstić information content (AvgIpc) is 2.84. The van der Waals surface area contributed by atoms with Gasteiger partial charge in [0.1, 0.15) is 0 Å². The first-order valence-electron chi connectivity index (χ1n) is 12.2. The molecule has 7 nitrogen and oxygen atoms in total. The van der Waals surface area contributed by atoms with E-state index in [1.165, 1.54) is 0 Å². The summed E-state index contributed by atoms with van der Waals surface area (Å²) in [7, 11) is 0. The number of ether oxygens (including phenoxy) is 2. The highest BCUT2D eigenvalue weighted by molar-refractivity contribution is 5.95. The molecule has 0 bridgehead atoms. The molecule has 1 aliphatic rings. The Morgan fingerprint density at radius 2 is 1.59 bits per heavy atom. The molecule has 3 rings (SSSR count). The van der Waals surface area contributed by atoms with Crippen LogP contribution in [-0.2, 0) is 4.79 Å². The molecule has 7 heteroatoms. The van der Waals surface area contributed by atoms with Crippen LogP contribution in [0.2, 0.25) is 0 Å². The van der Waals surface area contributed by atoms with Gasteiger partial charge < -0.3 is 19.7 Å². The van der Waals surface area contributed by atoms with Gasteiger partial charge in [-0.15, -0.1) is 0 Å². The molecule has 1 fully saturated rings. The normalized spacial score (nSPS) is 14.1. The van der Waals surface area contributed by atoms with Crippen molar-refractivity contribution in [1.82, 2.24) is 9.80 Å². The van der Waals surface area contributed by atoms with E-state index in [0.29, 0.717) is 63.0 Å². The van der Waals surface area contributed by atoms with Crippen molar-refractivity contribution in [2.45, 2.75) is 40.5 Å². The molecule has 0 unspecified atom stereocenters. The van der Waals surface area contributed by atoms with Gasteiger partial charge in [-0.05, 0) is 62.1 Å². The maximum atomic E-state index is 13.1. The molecule has 0 saturated carbocycles. The van der Waals surface area contributed by atoms with Crippen LogP contribution < -0.4 is 14.8 Å². The summed E-state index contributed by atoms with van der Waals surface area (Å²) < 4.78 is 11.6. The highest BCUT2D eigenvalue weighted by Gasteiger charge is 2.24. The van der Waals surface area contributed by atoms with Crippen LogP contribution in [0.3, 0.4) is 0 Å². The minimum atomic E-state index is -0.0335. The van der Waals surface area contributed by atoms with Crippen LogP contribution in [-0.4, -0.2) is 67.6 Å². The number of carbonyl (C=O) groups excluding carboxylic acids is 2. The van der Waals surface area contributed by atoms with Gasteiger partial charge >= 0.3 is 0 Å². The Kier molecular flexibility index (Phi) is 9.33. The Hall–Kier alpha value is -3.06. The lowest BCUT2D eigenvalue weighted by molar-refractivity contribution is -0.117. The summed E-state index contributed by atoms with van der Waals surface area (Å²) in [6.45, 7) is 12.1. The molecule has 0 radical (unpaired) electrons. The van der Waals surface area contributed by atoms with Gasteiger partial charge in [0.05, 0.1) is 19.8 Å². The number of carbonyl (C=O) groups is 2. The third kappa shape index (κ3) is 6.73. The molecular formula is C27H37N3O4. The number of nitrogens with zero attached hydrogens (tertiary/aromatic N) is 2. The molecule has 0 aliphatic carbocycles. The lowest BCUT2D eigenvalue weighted by Gasteiger charge is -2.34. The van der Waals surface area contributed by atoms with Crippen LogP contribution in [0.1, 0.15) is 48.2 Å². The number of rotatable bonds is 10. The molecule has 184 valence electrons. The standard InChI is InChI=1S/C27H37N3O4/c1-5-16-33-24-11-10-22(18-25(24)34-17-6-2)27(32)30-14-12-29(13-15-30)19-26(31)28-23-9-7-8-20(3)21(23)4/h7-11,18H,5-6,12-17,19H2,1-4H3,(H,28,31). The van der Waals surface area contributed by atoms with E-state index in [9.17, 15) is 9.59 Å². The Labute approximate surface area is 203 Å². The maximum Gasteiger partial charge on any atom is 0.254 e. The van der Waals surface area contributed by atoms with Crippen LogP contribution in [0.5, 0.6) is 11.5 Å². The lowest BCUT2D eigenvalue weighted by Crippen LogP contribution is -2.50. The van der Waals surface area contributed by atoms with Crippen molar-refractivity contribution in [3.8, 4) is 11.5 Å². The molecule has 0 aromatic heterocycles. The van der Waals surface area contributed by atoms with Crippen molar-refractivity contribution in [1.29, 1.82) is 0 Å². The van der Waals surface area contributed by atoms with Crippen LogP contribution in [0.4, 0.5) is 5.69 Å². The van der Waals surface area contributed by atoms with E-state index in [1.807, 2.05) is 49.9 Å². The Morgan fingerprint density at radius 1 is 0.912 bits per heavy atom. The van der Waals surface area contributed by atoms with Gasteiger partial charge in [0.15, 0.2) is 11.5 Å². The summed E-state index contributed by atoms with van der Waals surface area (Å²) in [4.78, 5) is 29.6. The van der Waals surface area contributed by atoms with Crippen LogP contribution in [0.15, 0.2) is 36.4 Å². The van der Waals surface area contributed by atoms with Crippen LogP contribution in [0, 0.1) is 13.8 Å². The zero-order valence-corrected chi connectivity index (χ0v) is 20.9. The minimum Gasteiger partial charge on any atom is -0.490 e. The molecule has 2 aromatic rings. The van der Waals surface area contributed by atoms with Crippen molar-refractivity contribution in [2.24, 2.45) is 0 Å². The summed E-state index contributed by atoms with van der Waals surface area (Å²) in [6.07, 6.45) is 1.78. The first-order chi connectivity index (χ1) is 16.4. The molecular weight excluding hydrogens is 430 g/mol. The average molecular weight is 468 g/mol. The van der Waals surface area contributed by atoms with Crippen molar-refractivity contribution in [3.63, 3.8) is 0 Å². The molecule has 34 heavy (non-hydrogen) atoms. The van der Waals surface area contributed by atoms with Gasteiger partial charge in [0.2, 0.25) is 5.91 Å². The van der Waals surface area contributed by atoms with Gasteiger partial charge in [-0.3, -0.25) is 14.5 Å². The zero-order chi connectivity index (χ0) is 24.5. The zero-order valence-electron chi connectivity index (χ0n) is 20.9. The van der Waals surface area contributed by atoms with E-state index < -0.39 is 0 Å². The predicted molar refractivity (Wildman–Crippen MR) is 135 cm³/mol. The van der Waals surface area contributed by atoms with Crippen molar-refractivity contribution >= 4 is 17.5 Å². The second-order valence-corrected chi connectivity index (χ2v) is 8.72. The van der Waals surface area contributed by atoms with Crippen LogP contribution >= 0.6 is 0 Å². The number of amides is 2. The Morgan fingerprint density at radius 3 is 2.26 bits per heavy atom. The van der Waals surface area contributed by atoms with E-state index >= 15 is 0 Å². The molecule has 1 N–H and O–H groups in total. The number of hydrogen-bond donors (Lipinski definition) is 1. The van der Waals surface area contributed by atoms with E-state index in [0.717, 1.165) is 29.7 Å². The van der Waals surface area contributed by atoms with Gasteiger partial charge in [-0.1, -0.05) is 26.0 Å². The molecule has 2 amide bonds. The molecule has 1 aliphatic heterocycles. The van der Waals surface area contributed by atoms with Crippen molar-refractivity contribution in [3.05, 3.63) is 53.1 Å². The number of hydrogen-bond acceptors (Lipinski definition) is 5. The van der Waals surface area contributed by atoms with E-state index in [1.54, 1.807) is 12.1 Å². The summed E-state index contributed by atoms with van der Waals surface area (Å²) >= 11 is 0. The molecule has 1 heterocycles. The summed E-state index contributed by atoms with van der Waals surface area (Å²) in [5.74, 6) is 1.23. The smallest absolute Gasteiger partial charge is 0.254 e. The van der Waals surface area contributed by atoms with Crippen molar-refractivity contribution < 1.29 is 19.1 Å². The molecule has 0 atom stereocenters. The van der Waals surface area contributed by atoms with Gasteiger partial charge in [0, 0.05) is 37.4 Å². The highest BCUT2D eigenvalue weighted by Crippen LogP contribution is 2.29. The fraction of sp³-hybridized carbons (Fsp3) is 0.481. The fourth-order valence-corrected chi connectivity index (χ4v) is 3.87. The van der Waals surface area contributed by atoms with Gasteiger partial charge in [0.25, 0.3) is 5.91 Å². The topological polar surface area (TPSA) is 71.1 Å². The predicted octanol–water partition coefficient (Wildman–Crippen LogP) is 4.28. The highest BCUT2D eigenvalue weighted by atomic mass is 16.5. The van der Waals surface area contributed by atoms with E-state index in [4.69, 9.17) is 9.47 Å². The summed E-state index contributed by atoms with van der Waals surface area (Å²) in [5, 5.41) is 3.01. The number of aryl methyl sites for hydroxylation is 1. The number of piperazine rings is 1.